The Morgan fingerprint density at radius 3 is 2.35 bits per heavy atom. The van der Waals surface area contributed by atoms with Crippen LogP contribution in [0.2, 0.25) is 0 Å². The zero-order valence-electron chi connectivity index (χ0n) is 11.5. The van der Waals surface area contributed by atoms with Crippen molar-refractivity contribution in [3.8, 4) is 0 Å². The Morgan fingerprint density at radius 1 is 1.29 bits per heavy atom. The maximum absolute atomic E-state index is 10.6. The molecule has 1 saturated carbocycles. The highest BCUT2D eigenvalue weighted by Crippen LogP contribution is 2.29. The van der Waals surface area contributed by atoms with E-state index in [9.17, 15) is 4.79 Å². The Kier molecular flexibility index (Phi) is 5.96. The summed E-state index contributed by atoms with van der Waals surface area (Å²) in [7, 11) is 0. The second-order valence-corrected chi connectivity index (χ2v) is 5.86. The van der Waals surface area contributed by atoms with Gasteiger partial charge in [0, 0.05) is 19.1 Å². The van der Waals surface area contributed by atoms with Crippen LogP contribution in [-0.4, -0.2) is 35.1 Å². The number of nitrogens with zero attached hydrogens (tertiary/aromatic N) is 1. The van der Waals surface area contributed by atoms with Crippen LogP contribution in [0.15, 0.2) is 0 Å². The first-order valence-electron chi connectivity index (χ1n) is 6.95. The summed E-state index contributed by atoms with van der Waals surface area (Å²) in [6.45, 7) is 8.43. The van der Waals surface area contributed by atoms with E-state index in [4.69, 9.17) is 5.11 Å². The van der Waals surface area contributed by atoms with Gasteiger partial charge in [-0.1, -0.05) is 19.8 Å². The Bertz CT molecular complexity index is 232. The SMILES string of the molecule is CC1CCC(CN(CCC(=O)O)C(C)C)CC1. The van der Waals surface area contributed by atoms with E-state index in [1.165, 1.54) is 25.7 Å². The minimum atomic E-state index is -0.687. The third kappa shape index (κ3) is 5.53. The molecule has 3 nitrogen and oxygen atoms in total. The van der Waals surface area contributed by atoms with Gasteiger partial charge in [0.15, 0.2) is 0 Å². The van der Waals surface area contributed by atoms with Crippen molar-refractivity contribution in [3.63, 3.8) is 0 Å². The molecule has 3 heteroatoms. The summed E-state index contributed by atoms with van der Waals surface area (Å²) in [5.41, 5.74) is 0. The molecular weight excluding hydrogens is 214 g/mol. The molecule has 100 valence electrons. The molecule has 0 saturated heterocycles. The first kappa shape index (κ1) is 14.5. The van der Waals surface area contributed by atoms with Crippen molar-refractivity contribution >= 4 is 5.97 Å². The van der Waals surface area contributed by atoms with Crippen molar-refractivity contribution in [2.45, 2.75) is 58.9 Å². The largest absolute Gasteiger partial charge is 0.481 e. The van der Waals surface area contributed by atoms with Crippen LogP contribution in [0.4, 0.5) is 0 Å². The molecule has 0 atom stereocenters. The molecule has 0 unspecified atom stereocenters. The van der Waals surface area contributed by atoms with E-state index in [0.717, 1.165) is 18.4 Å². The summed E-state index contributed by atoms with van der Waals surface area (Å²) in [4.78, 5) is 13.0. The van der Waals surface area contributed by atoms with Gasteiger partial charge in [0.2, 0.25) is 0 Å². The van der Waals surface area contributed by atoms with Crippen molar-refractivity contribution in [3.05, 3.63) is 0 Å². The van der Waals surface area contributed by atoms with Crippen LogP contribution in [-0.2, 0) is 4.79 Å². The quantitative estimate of drug-likeness (QED) is 0.777. The highest BCUT2D eigenvalue weighted by molar-refractivity contribution is 5.66. The third-order valence-electron chi connectivity index (χ3n) is 3.97. The maximum Gasteiger partial charge on any atom is 0.304 e. The average Bonchev–Trinajstić information content (AvgIpc) is 2.26. The monoisotopic (exact) mass is 241 g/mol. The van der Waals surface area contributed by atoms with Gasteiger partial charge in [-0.15, -0.1) is 0 Å². The van der Waals surface area contributed by atoms with Gasteiger partial charge in [-0.25, -0.2) is 0 Å². The van der Waals surface area contributed by atoms with Crippen LogP contribution in [0.5, 0.6) is 0 Å². The lowest BCUT2D eigenvalue weighted by molar-refractivity contribution is -0.137. The topological polar surface area (TPSA) is 40.5 Å². The van der Waals surface area contributed by atoms with Gasteiger partial charge >= 0.3 is 5.97 Å². The number of hydrogen-bond acceptors (Lipinski definition) is 2. The van der Waals surface area contributed by atoms with Gasteiger partial charge < -0.3 is 10.0 Å². The number of aliphatic carboxylic acids is 1. The molecule has 0 aromatic rings. The minimum Gasteiger partial charge on any atom is -0.481 e. The molecule has 17 heavy (non-hydrogen) atoms. The number of carboxylic acids is 1. The van der Waals surface area contributed by atoms with E-state index in [0.29, 0.717) is 12.6 Å². The second-order valence-electron chi connectivity index (χ2n) is 5.86. The maximum atomic E-state index is 10.6. The van der Waals surface area contributed by atoms with E-state index < -0.39 is 5.97 Å². The lowest BCUT2D eigenvalue weighted by Gasteiger charge is -2.33. The van der Waals surface area contributed by atoms with Gasteiger partial charge in [-0.2, -0.15) is 0 Å². The van der Waals surface area contributed by atoms with Crippen molar-refractivity contribution in [1.29, 1.82) is 0 Å². The van der Waals surface area contributed by atoms with Gasteiger partial charge in [0.25, 0.3) is 0 Å². The highest BCUT2D eigenvalue weighted by Gasteiger charge is 2.22. The average molecular weight is 241 g/mol. The zero-order chi connectivity index (χ0) is 12.8. The summed E-state index contributed by atoms with van der Waals surface area (Å²) in [5, 5.41) is 8.76. The van der Waals surface area contributed by atoms with Gasteiger partial charge in [0.05, 0.1) is 6.42 Å². The second kappa shape index (κ2) is 7.00. The van der Waals surface area contributed by atoms with Crippen molar-refractivity contribution in [2.24, 2.45) is 11.8 Å². The van der Waals surface area contributed by atoms with Gasteiger partial charge in [-0.05, 0) is 38.5 Å². The predicted octanol–water partition coefficient (Wildman–Crippen LogP) is 3.00. The Balaban J connectivity index is 2.35. The molecule has 0 aromatic carbocycles. The van der Waals surface area contributed by atoms with E-state index in [-0.39, 0.29) is 6.42 Å². The zero-order valence-corrected chi connectivity index (χ0v) is 11.5. The van der Waals surface area contributed by atoms with Crippen molar-refractivity contribution < 1.29 is 9.90 Å². The predicted molar refractivity (Wildman–Crippen MR) is 70.1 cm³/mol. The van der Waals surface area contributed by atoms with Crippen LogP contribution < -0.4 is 0 Å². The molecule has 0 heterocycles. The third-order valence-corrected chi connectivity index (χ3v) is 3.97. The fourth-order valence-corrected chi connectivity index (χ4v) is 2.64. The van der Waals surface area contributed by atoms with Crippen LogP contribution in [0, 0.1) is 11.8 Å². The molecule has 1 N–H and O–H groups in total. The summed E-state index contributed by atoms with van der Waals surface area (Å²) in [6, 6.07) is 0.452. The van der Waals surface area contributed by atoms with Crippen LogP contribution in [0.3, 0.4) is 0 Å². The van der Waals surface area contributed by atoms with Crippen molar-refractivity contribution in [1.82, 2.24) is 4.90 Å². The smallest absolute Gasteiger partial charge is 0.304 e. The Labute approximate surface area is 105 Å². The molecule has 0 aliphatic heterocycles. The molecule has 1 fully saturated rings. The number of carboxylic acid groups (broad SMARTS) is 1. The highest BCUT2D eigenvalue weighted by atomic mass is 16.4. The van der Waals surface area contributed by atoms with E-state index in [2.05, 4.69) is 25.7 Å². The molecular formula is C14H27NO2. The molecule has 0 radical (unpaired) electrons. The van der Waals surface area contributed by atoms with E-state index in [1.807, 2.05) is 0 Å². The fraction of sp³-hybridized carbons (Fsp3) is 0.929. The molecule has 0 spiro atoms. The molecule has 0 bridgehead atoms. The molecule has 0 amide bonds. The first-order valence-corrected chi connectivity index (χ1v) is 6.95. The molecule has 1 aliphatic carbocycles. The summed E-state index contributed by atoms with van der Waals surface area (Å²) < 4.78 is 0. The summed E-state index contributed by atoms with van der Waals surface area (Å²) in [6.07, 6.45) is 5.58. The molecule has 1 rings (SSSR count). The first-order chi connectivity index (χ1) is 7.99. The lowest BCUT2D eigenvalue weighted by atomic mass is 9.82. The minimum absolute atomic E-state index is 0.265. The van der Waals surface area contributed by atoms with Crippen LogP contribution in [0.1, 0.15) is 52.9 Å². The fourth-order valence-electron chi connectivity index (χ4n) is 2.64. The number of rotatable bonds is 6. The normalized spacial score (nSPS) is 25.5. The van der Waals surface area contributed by atoms with Crippen molar-refractivity contribution in [2.75, 3.05) is 13.1 Å². The molecule has 1 aliphatic rings. The van der Waals surface area contributed by atoms with Gasteiger partial charge in [-0.3, -0.25) is 4.79 Å². The van der Waals surface area contributed by atoms with Gasteiger partial charge in [0.1, 0.15) is 0 Å². The Morgan fingerprint density at radius 2 is 1.88 bits per heavy atom. The lowest BCUT2D eigenvalue weighted by Crippen LogP contribution is -2.37. The standard InChI is InChI=1S/C14H27NO2/c1-11(2)15(9-8-14(16)17)10-13-6-4-12(3)5-7-13/h11-13H,4-10H2,1-3H3,(H,16,17). The molecule has 0 aromatic heterocycles. The number of hydrogen-bond donors (Lipinski definition) is 1. The van der Waals surface area contributed by atoms with E-state index in [1.54, 1.807) is 0 Å². The van der Waals surface area contributed by atoms with Crippen LogP contribution in [0.25, 0.3) is 0 Å². The number of carbonyl (C=O) groups is 1. The van der Waals surface area contributed by atoms with E-state index >= 15 is 0 Å². The van der Waals surface area contributed by atoms with Crippen LogP contribution >= 0.6 is 0 Å². The summed E-state index contributed by atoms with van der Waals surface area (Å²) >= 11 is 0. The Hall–Kier alpha value is -0.570. The summed E-state index contributed by atoms with van der Waals surface area (Å²) in [5.74, 6) is 0.980.